The summed E-state index contributed by atoms with van der Waals surface area (Å²) < 4.78 is 0. The lowest BCUT2D eigenvalue weighted by Gasteiger charge is -2.24. The van der Waals surface area contributed by atoms with E-state index in [4.69, 9.17) is 11.6 Å². The molecule has 1 aromatic rings. The fourth-order valence-corrected chi connectivity index (χ4v) is 3.00. The summed E-state index contributed by atoms with van der Waals surface area (Å²) in [5.41, 5.74) is 2.17. The van der Waals surface area contributed by atoms with Gasteiger partial charge in [0, 0.05) is 11.1 Å². The third kappa shape index (κ3) is 4.20. The average Bonchev–Trinajstić information content (AvgIpc) is 2.68. The van der Waals surface area contributed by atoms with E-state index in [0.717, 1.165) is 16.1 Å². The largest absolute Gasteiger partial charge is 0.394 e. The number of aliphatic hydroxyl groups is 1. The number of hydrogen-bond acceptors (Lipinski definition) is 2. The maximum Gasteiger partial charge on any atom is 0.0626 e. The minimum atomic E-state index is 0.00111. The third-order valence-electron chi connectivity index (χ3n) is 4.07. The summed E-state index contributed by atoms with van der Waals surface area (Å²) in [5.74, 6) is 0. The normalized spacial score (nSPS) is 19.1. The van der Waals surface area contributed by atoms with E-state index in [1.54, 1.807) is 0 Å². The minimum absolute atomic E-state index is 0.00111. The van der Waals surface area contributed by atoms with Gasteiger partial charge in [-0.2, -0.15) is 0 Å². The molecule has 2 nitrogen and oxygen atoms in total. The van der Waals surface area contributed by atoms with E-state index >= 15 is 0 Å². The Labute approximate surface area is 121 Å². The Morgan fingerprint density at radius 1 is 1.26 bits per heavy atom. The second kappa shape index (κ2) is 7.28. The molecule has 0 saturated heterocycles. The lowest BCUT2D eigenvalue weighted by molar-refractivity contribution is 0.228. The van der Waals surface area contributed by atoms with Gasteiger partial charge in [-0.1, -0.05) is 49.4 Å². The molecule has 1 fully saturated rings. The number of hydrogen-bond donors (Lipinski definition) is 2. The highest BCUT2D eigenvalue weighted by Crippen LogP contribution is 2.24. The van der Waals surface area contributed by atoms with Crippen LogP contribution in [-0.4, -0.2) is 17.8 Å². The van der Waals surface area contributed by atoms with E-state index in [2.05, 4.69) is 11.4 Å². The van der Waals surface area contributed by atoms with Gasteiger partial charge in [-0.3, -0.25) is 0 Å². The summed E-state index contributed by atoms with van der Waals surface area (Å²) in [6, 6.07) is 6.59. The highest BCUT2D eigenvalue weighted by Gasteiger charge is 2.18. The molecule has 0 heterocycles. The average molecular weight is 282 g/mol. The minimum Gasteiger partial charge on any atom is -0.394 e. The summed E-state index contributed by atoms with van der Waals surface area (Å²) in [6.07, 6.45) is 7.72. The van der Waals surface area contributed by atoms with Crippen molar-refractivity contribution in [3.05, 3.63) is 34.3 Å². The number of rotatable bonds is 4. The van der Waals surface area contributed by atoms with Crippen LogP contribution in [0.1, 0.15) is 55.7 Å². The second-order valence-electron chi connectivity index (χ2n) is 5.60. The van der Waals surface area contributed by atoms with Crippen LogP contribution < -0.4 is 5.32 Å². The van der Waals surface area contributed by atoms with Crippen LogP contribution in [0, 0.1) is 6.92 Å². The van der Waals surface area contributed by atoms with Crippen LogP contribution in [0.5, 0.6) is 0 Å². The Kier molecular flexibility index (Phi) is 5.68. The van der Waals surface area contributed by atoms with Crippen LogP contribution in [0.3, 0.4) is 0 Å². The van der Waals surface area contributed by atoms with Crippen molar-refractivity contribution in [2.24, 2.45) is 0 Å². The molecule has 1 unspecified atom stereocenters. The topological polar surface area (TPSA) is 32.3 Å². The van der Waals surface area contributed by atoms with Crippen molar-refractivity contribution in [3.63, 3.8) is 0 Å². The van der Waals surface area contributed by atoms with Gasteiger partial charge in [-0.05, 0) is 37.0 Å². The fraction of sp³-hybridized carbons (Fsp3) is 0.625. The number of aliphatic hydroxyl groups excluding tert-OH is 1. The van der Waals surface area contributed by atoms with Gasteiger partial charge in [0.15, 0.2) is 0 Å². The molecule has 2 rings (SSSR count). The number of aryl methyl sites for hydroxylation is 1. The molecule has 1 saturated carbocycles. The van der Waals surface area contributed by atoms with Crippen LogP contribution >= 0.6 is 11.6 Å². The molecule has 3 heteroatoms. The van der Waals surface area contributed by atoms with Gasteiger partial charge in [0.25, 0.3) is 0 Å². The first kappa shape index (κ1) is 14.8. The standard InChI is InChI=1S/C16H24ClNO/c1-12-8-9-13(10-15(12)17)16(11-19)18-14-6-4-2-3-5-7-14/h8-10,14,16,18-19H,2-7,11H2,1H3. The second-order valence-corrected chi connectivity index (χ2v) is 6.01. The summed E-state index contributed by atoms with van der Waals surface area (Å²) in [7, 11) is 0. The molecule has 1 aliphatic carbocycles. The highest BCUT2D eigenvalue weighted by atomic mass is 35.5. The van der Waals surface area contributed by atoms with Crippen molar-refractivity contribution in [2.75, 3.05) is 6.61 Å². The van der Waals surface area contributed by atoms with Crippen molar-refractivity contribution in [1.82, 2.24) is 5.32 Å². The Morgan fingerprint density at radius 3 is 2.53 bits per heavy atom. The first-order valence-corrected chi connectivity index (χ1v) is 7.71. The van der Waals surface area contributed by atoms with E-state index in [1.165, 1.54) is 38.5 Å². The highest BCUT2D eigenvalue weighted by molar-refractivity contribution is 6.31. The molecular formula is C16H24ClNO. The quantitative estimate of drug-likeness (QED) is 0.818. The Balaban J connectivity index is 2.03. The van der Waals surface area contributed by atoms with E-state index in [-0.39, 0.29) is 12.6 Å². The predicted octanol–water partition coefficient (Wildman–Crippen LogP) is 3.99. The summed E-state index contributed by atoms with van der Waals surface area (Å²) >= 11 is 6.17. The zero-order valence-corrected chi connectivity index (χ0v) is 12.4. The van der Waals surface area contributed by atoms with Crippen molar-refractivity contribution in [3.8, 4) is 0 Å². The molecule has 106 valence electrons. The van der Waals surface area contributed by atoms with Gasteiger partial charge in [0.1, 0.15) is 0 Å². The molecule has 2 N–H and O–H groups in total. The number of nitrogens with one attached hydrogen (secondary N) is 1. The van der Waals surface area contributed by atoms with Gasteiger partial charge in [0.2, 0.25) is 0 Å². The maximum absolute atomic E-state index is 9.64. The molecule has 19 heavy (non-hydrogen) atoms. The lowest BCUT2D eigenvalue weighted by atomic mass is 10.0. The molecule has 1 aromatic carbocycles. The van der Waals surface area contributed by atoms with Crippen molar-refractivity contribution < 1.29 is 5.11 Å². The predicted molar refractivity (Wildman–Crippen MR) is 80.6 cm³/mol. The Hall–Kier alpha value is -0.570. The molecule has 0 radical (unpaired) electrons. The summed E-state index contributed by atoms with van der Waals surface area (Å²) in [5, 5.41) is 14.0. The fourth-order valence-electron chi connectivity index (χ4n) is 2.81. The van der Waals surface area contributed by atoms with Crippen LogP contribution in [0.15, 0.2) is 18.2 Å². The first-order chi connectivity index (χ1) is 9.20. The zero-order chi connectivity index (χ0) is 13.7. The smallest absolute Gasteiger partial charge is 0.0626 e. The first-order valence-electron chi connectivity index (χ1n) is 7.33. The van der Waals surface area contributed by atoms with Gasteiger partial charge in [0.05, 0.1) is 12.6 Å². The number of halogens is 1. The maximum atomic E-state index is 9.64. The molecule has 0 aliphatic heterocycles. The van der Waals surface area contributed by atoms with Crippen LogP contribution in [0.2, 0.25) is 5.02 Å². The zero-order valence-electron chi connectivity index (χ0n) is 11.7. The molecule has 0 amide bonds. The van der Waals surface area contributed by atoms with Gasteiger partial charge in [-0.25, -0.2) is 0 Å². The van der Waals surface area contributed by atoms with Gasteiger partial charge < -0.3 is 10.4 Å². The molecular weight excluding hydrogens is 258 g/mol. The monoisotopic (exact) mass is 281 g/mol. The lowest BCUT2D eigenvalue weighted by Crippen LogP contribution is -2.34. The van der Waals surface area contributed by atoms with Crippen molar-refractivity contribution in [1.29, 1.82) is 0 Å². The SMILES string of the molecule is Cc1ccc(C(CO)NC2CCCCCC2)cc1Cl. The Bertz CT molecular complexity index is 400. The summed E-state index contributed by atoms with van der Waals surface area (Å²) in [4.78, 5) is 0. The molecule has 0 bridgehead atoms. The molecule has 0 spiro atoms. The Morgan fingerprint density at radius 2 is 1.95 bits per heavy atom. The van der Waals surface area contributed by atoms with Gasteiger partial charge >= 0.3 is 0 Å². The van der Waals surface area contributed by atoms with Crippen molar-refractivity contribution >= 4 is 11.6 Å². The molecule has 1 atom stereocenters. The summed E-state index contributed by atoms with van der Waals surface area (Å²) in [6.45, 7) is 2.12. The van der Waals surface area contributed by atoms with Crippen LogP contribution in [-0.2, 0) is 0 Å². The number of benzene rings is 1. The third-order valence-corrected chi connectivity index (χ3v) is 4.48. The van der Waals surface area contributed by atoms with E-state index in [0.29, 0.717) is 6.04 Å². The molecule has 1 aliphatic rings. The van der Waals surface area contributed by atoms with Gasteiger partial charge in [-0.15, -0.1) is 0 Å². The van der Waals surface area contributed by atoms with Crippen LogP contribution in [0.25, 0.3) is 0 Å². The van der Waals surface area contributed by atoms with Crippen LogP contribution in [0.4, 0.5) is 0 Å². The van der Waals surface area contributed by atoms with E-state index < -0.39 is 0 Å². The molecule has 0 aromatic heterocycles. The van der Waals surface area contributed by atoms with E-state index in [9.17, 15) is 5.11 Å². The van der Waals surface area contributed by atoms with E-state index in [1.807, 2.05) is 19.1 Å². The van der Waals surface area contributed by atoms with Crippen molar-refractivity contribution in [2.45, 2.75) is 57.5 Å².